The Morgan fingerprint density at radius 2 is 0.417 bits per heavy atom. The van der Waals surface area contributed by atoms with Gasteiger partial charge in [-0.25, -0.2) is 0 Å². The second-order valence-corrected chi connectivity index (χ2v) is 16.0. The lowest BCUT2D eigenvalue weighted by Gasteiger charge is -2.26. The number of ether oxygens (including phenoxy) is 9. The molecular weight excluding hydrogens is 757 g/mol. The van der Waals surface area contributed by atoms with Crippen LogP contribution in [0.3, 0.4) is 0 Å². The minimum absolute atomic E-state index is 0.0795. The molecule has 0 bridgehead atoms. The monoisotopic (exact) mass is 829 g/mol. The van der Waals surface area contributed by atoms with E-state index in [1.165, 1.54) is 0 Å². The maximum Gasteiger partial charge on any atom is 0.0861 e. The Morgan fingerprint density at radius 3 is 0.567 bits per heavy atom. The fourth-order valence-electron chi connectivity index (χ4n) is 7.73. The molecule has 4 aromatic rings. The van der Waals surface area contributed by atoms with Crippen LogP contribution in [0, 0.1) is 0 Å². The highest BCUT2D eigenvalue weighted by atomic mass is 16.5. The molecule has 0 radical (unpaired) electrons. The van der Waals surface area contributed by atoms with E-state index in [-0.39, 0.29) is 54.9 Å². The summed E-state index contributed by atoms with van der Waals surface area (Å²) in [7, 11) is 15.8. The molecular formula is C51H72O9. The van der Waals surface area contributed by atoms with Crippen molar-refractivity contribution < 1.29 is 42.6 Å². The van der Waals surface area contributed by atoms with Gasteiger partial charge in [-0.2, -0.15) is 0 Å². The van der Waals surface area contributed by atoms with Gasteiger partial charge in [0, 0.05) is 83.3 Å². The first-order chi connectivity index (χ1) is 28.7. The zero-order valence-electron chi connectivity index (χ0n) is 38.9. The minimum atomic E-state index is -0.280. The van der Waals surface area contributed by atoms with E-state index in [2.05, 4.69) is 114 Å². The van der Waals surface area contributed by atoms with Crippen molar-refractivity contribution in [3.8, 4) is 0 Å². The third-order valence-electron chi connectivity index (χ3n) is 12.3. The second kappa shape index (κ2) is 23.7. The Bertz CT molecular complexity index is 1610. The largest absolute Gasteiger partial charge is 0.377 e. The van der Waals surface area contributed by atoms with Crippen LogP contribution in [0.25, 0.3) is 0 Å². The van der Waals surface area contributed by atoms with Crippen molar-refractivity contribution in [1.82, 2.24) is 0 Å². The van der Waals surface area contributed by atoms with Gasteiger partial charge in [0.15, 0.2) is 0 Å². The van der Waals surface area contributed by atoms with Gasteiger partial charge < -0.3 is 42.6 Å². The number of rotatable bonds is 24. The van der Waals surface area contributed by atoms with Gasteiger partial charge in [0.1, 0.15) is 0 Å². The lowest BCUT2D eigenvalue weighted by molar-refractivity contribution is 0.0920. The standard InChI is InChI=1S/C51H72O9/c1-31(52-7)40-16-37(17-41(25-40)32(2)53-8)22-49(58-13)46-28-47(50(59-14)23-38-18-42(33(3)54-9)26-43(19-38)34(4)55-10)30-48(29-46)51(60-15)24-39-20-44(35(5)56-11)27-45(21-39)36(6)57-12/h16-21,25-36,49-51H,22-24H2,1-15H3/t31-,32-,33-,34-,35-,36-,49-,50-,51-/m0/s1. The van der Waals surface area contributed by atoms with Crippen LogP contribution < -0.4 is 0 Å². The first-order valence-corrected chi connectivity index (χ1v) is 21.1. The number of benzene rings is 4. The smallest absolute Gasteiger partial charge is 0.0861 e. The molecule has 4 aromatic carbocycles. The van der Waals surface area contributed by atoms with Crippen molar-refractivity contribution in [1.29, 1.82) is 0 Å². The van der Waals surface area contributed by atoms with Gasteiger partial charge in [-0.15, -0.1) is 0 Å². The number of hydrogen-bond donors (Lipinski definition) is 0. The van der Waals surface area contributed by atoms with Gasteiger partial charge >= 0.3 is 0 Å². The third kappa shape index (κ3) is 12.8. The van der Waals surface area contributed by atoms with E-state index >= 15 is 0 Å². The van der Waals surface area contributed by atoms with Crippen LogP contribution in [0.2, 0.25) is 0 Å². The Labute approximate surface area is 360 Å². The van der Waals surface area contributed by atoms with Crippen molar-refractivity contribution in [2.45, 2.75) is 116 Å². The average Bonchev–Trinajstić information content (AvgIpc) is 3.29. The number of hydrogen-bond acceptors (Lipinski definition) is 9. The van der Waals surface area contributed by atoms with Crippen LogP contribution in [-0.4, -0.2) is 64.0 Å². The molecule has 0 N–H and O–H groups in total. The van der Waals surface area contributed by atoms with E-state index in [9.17, 15) is 0 Å². The molecule has 0 heterocycles. The first-order valence-electron chi connectivity index (χ1n) is 21.1. The summed E-state index contributed by atoms with van der Waals surface area (Å²) in [5, 5.41) is 0. The molecule has 0 aliphatic rings. The molecule has 9 heteroatoms. The maximum atomic E-state index is 6.38. The summed E-state index contributed by atoms with van der Waals surface area (Å²) in [5.41, 5.74) is 13.1. The summed E-state index contributed by atoms with van der Waals surface area (Å²) in [6, 6.07) is 26.5. The van der Waals surface area contributed by atoms with Crippen LogP contribution in [0.1, 0.15) is 163 Å². The van der Waals surface area contributed by atoms with Gasteiger partial charge in [0.05, 0.1) is 54.9 Å². The Hall–Kier alpha value is -3.48. The molecule has 0 amide bonds. The quantitative estimate of drug-likeness (QED) is 0.0685. The van der Waals surface area contributed by atoms with E-state index < -0.39 is 0 Å². The molecule has 0 unspecified atom stereocenters. The topological polar surface area (TPSA) is 83.1 Å². The highest BCUT2D eigenvalue weighted by molar-refractivity contribution is 5.41. The highest BCUT2D eigenvalue weighted by Gasteiger charge is 2.24. The lowest BCUT2D eigenvalue weighted by atomic mass is 9.88. The molecule has 0 aliphatic carbocycles. The van der Waals surface area contributed by atoms with Gasteiger partial charge in [0.2, 0.25) is 0 Å². The van der Waals surface area contributed by atoms with Crippen LogP contribution in [-0.2, 0) is 61.9 Å². The molecule has 0 aliphatic heterocycles. The van der Waals surface area contributed by atoms with Crippen molar-refractivity contribution in [2.75, 3.05) is 64.0 Å². The summed E-state index contributed by atoms with van der Waals surface area (Å²) < 4.78 is 53.7. The molecule has 9 atom stereocenters. The highest BCUT2D eigenvalue weighted by Crippen LogP contribution is 2.36. The van der Waals surface area contributed by atoms with Gasteiger partial charge in [-0.3, -0.25) is 0 Å². The van der Waals surface area contributed by atoms with Crippen molar-refractivity contribution in [3.05, 3.63) is 140 Å². The Morgan fingerprint density at radius 1 is 0.250 bits per heavy atom. The molecule has 0 spiro atoms. The molecule has 0 saturated heterocycles. The van der Waals surface area contributed by atoms with Gasteiger partial charge in [-0.05, 0) is 108 Å². The van der Waals surface area contributed by atoms with E-state index in [0.717, 1.165) is 66.8 Å². The predicted molar refractivity (Wildman–Crippen MR) is 239 cm³/mol. The average molecular weight is 829 g/mol. The van der Waals surface area contributed by atoms with E-state index in [4.69, 9.17) is 42.6 Å². The van der Waals surface area contributed by atoms with Crippen LogP contribution in [0.5, 0.6) is 0 Å². The molecule has 330 valence electrons. The van der Waals surface area contributed by atoms with Crippen LogP contribution in [0.15, 0.2) is 72.8 Å². The molecule has 0 fully saturated rings. The maximum absolute atomic E-state index is 6.38. The zero-order valence-corrected chi connectivity index (χ0v) is 38.9. The Kier molecular flexibility index (Phi) is 19.4. The van der Waals surface area contributed by atoms with E-state index in [1.54, 1.807) is 64.0 Å². The van der Waals surface area contributed by atoms with Crippen molar-refractivity contribution in [3.63, 3.8) is 0 Å². The predicted octanol–water partition coefficient (Wildman–Crippen LogP) is 11.7. The summed E-state index contributed by atoms with van der Waals surface area (Å²) >= 11 is 0. The van der Waals surface area contributed by atoms with E-state index in [1.807, 2.05) is 0 Å². The molecule has 0 aromatic heterocycles. The fraction of sp³-hybridized carbons (Fsp3) is 0.529. The van der Waals surface area contributed by atoms with Crippen LogP contribution >= 0.6 is 0 Å². The number of methoxy groups -OCH3 is 9. The zero-order chi connectivity index (χ0) is 44.1. The first kappa shape index (κ1) is 49.2. The third-order valence-corrected chi connectivity index (χ3v) is 12.3. The summed E-state index contributed by atoms with van der Waals surface area (Å²) in [4.78, 5) is 0. The minimum Gasteiger partial charge on any atom is -0.377 e. The van der Waals surface area contributed by atoms with Crippen molar-refractivity contribution >= 4 is 0 Å². The molecule has 9 nitrogen and oxygen atoms in total. The molecule has 4 rings (SSSR count). The summed E-state index contributed by atoms with van der Waals surface area (Å²) in [5.74, 6) is 0. The summed E-state index contributed by atoms with van der Waals surface area (Å²) in [6.07, 6.45) is 0.578. The van der Waals surface area contributed by atoms with Gasteiger partial charge in [-0.1, -0.05) is 72.8 Å². The fourth-order valence-corrected chi connectivity index (χ4v) is 7.73. The van der Waals surface area contributed by atoms with E-state index in [0.29, 0.717) is 19.3 Å². The lowest BCUT2D eigenvalue weighted by Crippen LogP contribution is -2.14. The molecule has 0 saturated carbocycles. The second-order valence-electron chi connectivity index (χ2n) is 16.0. The van der Waals surface area contributed by atoms with Crippen LogP contribution in [0.4, 0.5) is 0 Å². The SMILES string of the molecule is CO[C@@H](C)c1cc(C[C@H](OC)c2cc([C@H](Cc3cc([C@H](C)OC)cc([C@H](C)OC)c3)OC)cc([C@H](Cc3cc([C@H](C)OC)cc([C@H](C)OC)c3)OC)c2)cc([C@H](C)OC)c1. The molecule has 60 heavy (non-hydrogen) atoms. The summed E-state index contributed by atoms with van der Waals surface area (Å²) in [6.45, 7) is 12.4. The normalized spacial score (nSPS) is 16.4. The Balaban J connectivity index is 1.89. The van der Waals surface area contributed by atoms with Crippen molar-refractivity contribution in [2.24, 2.45) is 0 Å². The van der Waals surface area contributed by atoms with Gasteiger partial charge in [0.25, 0.3) is 0 Å².